The normalized spacial score (nSPS) is 16.1. The Bertz CT molecular complexity index is 756. The number of ether oxygens (including phenoxy) is 1. The number of hydrogen-bond acceptors (Lipinski definition) is 5. The zero-order valence-corrected chi connectivity index (χ0v) is 14.9. The first-order valence-corrected chi connectivity index (χ1v) is 8.52. The van der Waals surface area contributed by atoms with Crippen molar-refractivity contribution in [2.75, 3.05) is 20.2 Å². The van der Waals surface area contributed by atoms with Crippen LogP contribution in [0, 0.1) is 0 Å². The molecule has 1 aromatic heterocycles. The van der Waals surface area contributed by atoms with Gasteiger partial charge in [-0.3, -0.25) is 4.79 Å². The number of methoxy groups -OCH3 is 1. The molecule has 1 saturated heterocycles. The van der Waals surface area contributed by atoms with E-state index in [-0.39, 0.29) is 11.8 Å². The van der Waals surface area contributed by atoms with Crippen molar-refractivity contribution >= 4 is 5.91 Å². The second kappa shape index (κ2) is 7.51. The van der Waals surface area contributed by atoms with Crippen LogP contribution in [-0.2, 0) is 4.79 Å². The smallest absolute Gasteiger partial charge is 0.249 e. The van der Waals surface area contributed by atoms with Crippen LogP contribution in [0.25, 0.3) is 11.4 Å². The van der Waals surface area contributed by atoms with E-state index >= 15 is 0 Å². The molecule has 0 unspecified atom stereocenters. The maximum absolute atomic E-state index is 12.2. The fourth-order valence-corrected chi connectivity index (χ4v) is 2.96. The highest BCUT2D eigenvalue weighted by Gasteiger charge is 2.27. The van der Waals surface area contributed by atoms with E-state index in [0.717, 1.165) is 42.8 Å². The average molecular weight is 341 g/mol. The molecule has 0 spiro atoms. The molecule has 0 bridgehead atoms. The van der Waals surface area contributed by atoms with Gasteiger partial charge in [-0.05, 0) is 51.0 Å². The van der Waals surface area contributed by atoms with Gasteiger partial charge in [0.2, 0.25) is 17.6 Å². The Labute approximate surface area is 147 Å². The van der Waals surface area contributed by atoms with E-state index < -0.39 is 0 Å². The Balaban J connectivity index is 1.64. The molecule has 1 amide bonds. The van der Waals surface area contributed by atoms with Gasteiger partial charge in [-0.25, -0.2) is 0 Å². The third-order valence-corrected chi connectivity index (χ3v) is 4.69. The number of nitrogens with zero attached hydrogens (tertiary/aromatic N) is 3. The van der Waals surface area contributed by atoms with E-state index in [1.165, 1.54) is 0 Å². The average Bonchev–Trinajstić information content (AvgIpc) is 3.17. The van der Waals surface area contributed by atoms with E-state index in [9.17, 15) is 4.79 Å². The summed E-state index contributed by atoms with van der Waals surface area (Å²) in [7, 11) is 1.64. The quantitative estimate of drug-likeness (QED) is 0.797. The number of likely N-dealkylation sites (tertiary alicyclic amines) is 1. The summed E-state index contributed by atoms with van der Waals surface area (Å²) in [5.74, 6) is 2.35. The lowest BCUT2D eigenvalue weighted by molar-refractivity contribution is -0.128. The number of aromatic nitrogens is 2. The molecule has 6 heteroatoms. The van der Waals surface area contributed by atoms with E-state index in [0.29, 0.717) is 11.7 Å². The monoisotopic (exact) mass is 341 g/mol. The number of rotatable bonds is 4. The number of piperidine rings is 1. The molecule has 3 rings (SSSR count). The van der Waals surface area contributed by atoms with Gasteiger partial charge < -0.3 is 14.2 Å². The molecule has 0 aliphatic carbocycles. The maximum Gasteiger partial charge on any atom is 0.249 e. The van der Waals surface area contributed by atoms with E-state index in [1.54, 1.807) is 7.11 Å². The summed E-state index contributed by atoms with van der Waals surface area (Å²) in [5, 5.41) is 4.10. The minimum atomic E-state index is 0.116. The van der Waals surface area contributed by atoms with Crippen LogP contribution in [0.5, 0.6) is 5.75 Å². The van der Waals surface area contributed by atoms with Crippen molar-refractivity contribution in [3.63, 3.8) is 0 Å². The van der Waals surface area contributed by atoms with Crippen LogP contribution in [0.15, 0.2) is 40.4 Å². The molecule has 0 saturated carbocycles. The predicted octanol–water partition coefficient (Wildman–Crippen LogP) is 3.42. The van der Waals surface area contributed by atoms with Crippen molar-refractivity contribution in [1.82, 2.24) is 15.0 Å². The molecule has 0 radical (unpaired) electrons. The molecule has 0 N–H and O–H groups in total. The second-order valence-electron chi connectivity index (χ2n) is 6.22. The fraction of sp³-hybridized carbons (Fsp3) is 0.421. The summed E-state index contributed by atoms with van der Waals surface area (Å²) >= 11 is 0. The number of carbonyl (C=O) groups is 1. The molecular weight excluding hydrogens is 318 g/mol. The van der Waals surface area contributed by atoms with Crippen molar-refractivity contribution in [3.8, 4) is 17.1 Å². The highest BCUT2D eigenvalue weighted by atomic mass is 16.5. The number of amides is 1. The maximum atomic E-state index is 12.2. The third kappa shape index (κ3) is 3.73. The minimum Gasteiger partial charge on any atom is -0.497 e. The molecule has 1 aromatic carbocycles. The molecule has 2 heterocycles. The summed E-state index contributed by atoms with van der Waals surface area (Å²) in [6.45, 7) is 5.18. The predicted molar refractivity (Wildman–Crippen MR) is 94.3 cm³/mol. The van der Waals surface area contributed by atoms with Gasteiger partial charge in [0.25, 0.3) is 0 Å². The Hall–Kier alpha value is -2.63. The number of allylic oxidation sites excluding steroid dienone is 1. The van der Waals surface area contributed by atoms with Gasteiger partial charge >= 0.3 is 0 Å². The van der Waals surface area contributed by atoms with Crippen molar-refractivity contribution < 1.29 is 14.1 Å². The van der Waals surface area contributed by atoms with Crippen LogP contribution in [0.4, 0.5) is 0 Å². The first-order valence-electron chi connectivity index (χ1n) is 8.52. The lowest BCUT2D eigenvalue weighted by Gasteiger charge is -2.30. The number of hydrogen-bond donors (Lipinski definition) is 0. The number of carbonyl (C=O) groups excluding carboxylic acids is 1. The molecule has 25 heavy (non-hydrogen) atoms. The van der Waals surface area contributed by atoms with Crippen LogP contribution in [-0.4, -0.2) is 41.1 Å². The topological polar surface area (TPSA) is 68.5 Å². The number of benzene rings is 1. The van der Waals surface area contributed by atoms with Gasteiger partial charge in [0, 0.05) is 30.1 Å². The van der Waals surface area contributed by atoms with Gasteiger partial charge in [-0.2, -0.15) is 4.98 Å². The standard InChI is InChI=1S/C19H23N3O3/c1-4-13(2)19(23)22-11-9-15(10-12-22)18-20-17(21-25-18)14-5-7-16(24-3)8-6-14/h4-8,15H,9-12H2,1-3H3/b13-4+. The Kier molecular flexibility index (Phi) is 5.16. The van der Waals surface area contributed by atoms with Crippen LogP contribution in [0.3, 0.4) is 0 Å². The lowest BCUT2D eigenvalue weighted by atomic mass is 9.96. The van der Waals surface area contributed by atoms with Gasteiger partial charge in [0.15, 0.2) is 0 Å². The Morgan fingerprint density at radius 2 is 1.96 bits per heavy atom. The molecule has 2 aromatic rings. The third-order valence-electron chi connectivity index (χ3n) is 4.69. The van der Waals surface area contributed by atoms with Crippen LogP contribution in [0.1, 0.15) is 38.5 Å². The van der Waals surface area contributed by atoms with Gasteiger partial charge in [-0.1, -0.05) is 11.2 Å². The van der Waals surface area contributed by atoms with Crippen molar-refractivity contribution in [3.05, 3.63) is 41.8 Å². The van der Waals surface area contributed by atoms with Crippen molar-refractivity contribution in [1.29, 1.82) is 0 Å². The molecule has 0 atom stereocenters. The largest absolute Gasteiger partial charge is 0.497 e. The fourth-order valence-electron chi connectivity index (χ4n) is 2.96. The molecule has 6 nitrogen and oxygen atoms in total. The Morgan fingerprint density at radius 1 is 1.28 bits per heavy atom. The molecule has 1 fully saturated rings. The highest BCUT2D eigenvalue weighted by Crippen LogP contribution is 2.29. The van der Waals surface area contributed by atoms with Crippen molar-refractivity contribution in [2.45, 2.75) is 32.6 Å². The summed E-state index contributed by atoms with van der Waals surface area (Å²) in [6.07, 6.45) is 3.54. The zero-order chi connectivity index (χ0) is 17.8. The SMILES string of the molecule is C/C=C(\C)C(=O)N1CCC(c2nc(-c3ccc(OC)cc3)no2)CC1. The van der Waals surface area contributed by atoms with Crippen LogP contribution in [0.2, 0.25) is 0 Å². The second-order valence-corrected chi connectivity index (χ2v) is 6.22. The van der Waals surface area contributed by atoms with E-state index in [2.05, 4.69) is 10.1 Å². The summed E-state index contributed by atoms with van der Waals surface area (Å²) in [6, 6.07) is 7.57. The first kappa shape index (κ1) is 17.2. The molecule has 1 aliphatic heterocycles. The summed E-state index contributed by atoms with van der Waals surface area (Å²) in [5.41, 5.74) is 1.69. The zero-order valence-electron chi connectivity index (χ0n) is 14.9. The van der Waals surface area contributed by atoms with Gasteiger partial charge in [0.05, 0.1) is 7.11 Å². The lowest BCUT2D eigenvalue weighted by Crippen LogP contribution is -2.38. The minimum absolute atomic E-state index is 0.116. The highest BCUT2D eigenvalue weighted by molar-refractivity contribution is 5.92. The Morgan fingerprint density at radius 3 is 2.56 bits per heavy atom. The van der Waals surface area contributed by atoms with Gasteiger partial charge in [-0.15, -0.1) is 0 Å². The summed E-state index contributed by atoms with van der Waals surface area (Å²) < 4.78 is 10.6. The summed E-state index contributed by atoms with van der Waals surface area (Å²) in [4.78, 5) is 18.7. The van der Waals surface area contributed by atoms with Crippen molar-refractivity contribution in [2.24, 2.45) is 0 Å². The van der Waals surface area contributed by atoms with E-state index in [1.807, 2.05) is 49.1 Å². The molecule has 1 aliphatic rings. The molecular formula is C19H23N3O3. The van der Waals surface area contributed by atoms with Gasteiger partial charge in [0.1, 0.15) is 5.75 Å². The molecule has 132 valence electrons. The van der Waals surface area contributed by atoms with Crippen LogP contribution >= 0.6 is 0 Å². The van der Waals surface area contributed by atoms with E-state index in [4.69, 9.17) is 9.26 Å². The first-order chi connectivity index (χ1) is 12.1. The van der Waals surface area contributed by atoms with Crippen LogP contribution < -0.4 is 4.74 Å².